The number of ether oxygens (including phenoxy) is 3. The fraction of sp³-hybridized carbons (Fsp3) is 0.579. The van der Waals surface area contributed by atoms with E-state index in [1.54, 1.807) is 13.8 Å². The molecular weight excluding hydrogens is 308 g/mol. The zero-order chi connectivity index (χ0) is 17.9. The van der Waals surface area contributed by atoms with Gasteiger partial charge < -0.3 is 14.2 Å². The fourth-order valence-electron chi connectivity index (χ4n) is 2.41. The number of benzene rings is 1. The van der Waals surface area contributed by atoms with Gasteiger partial charge in [-0.15, -0.1) is 0 Å². The van der Waals surface area contributed by atoms with Crippen LogP contribution < -0.4 is 4.74 Å². The number of aryl methyl sites for hydroxylation is 2. The Labute approximate surface area is 144 Å². The zero-order valence-electron chi connectivity index (χ0n) is 15.1. The van der Waals surface area contributed by atoms with Crippen LogP contribution in [0.5, 0.6) is 5.75 Å². The summed E-state index contributed by atoms with van der Waals surface area (Å²) in [6, 6.07) is 6.05. The molecule has 5 heteroatoms. The summed E-state index contributed by atoms with van der Waals surface area (Å²) >= 11 is 0. The van der Waals surface area contributed by atoms with E-state index in [0.717, 1.165) is 17.7 Å². The van der Waals surface area contributed by atoms with Gasteiger partial charge in [0.05, 0.1) is 19.8 Å². The minimum absolute atomic E-state index is 0.255. The standard InChI is InChI=1S/C19H28O5/c1-5-22-18(20)16(19(21)23-6-2)9-7-8-12-24-17-11-10-14(3)13-15(17)4/h10-11,13,16H,5-9,12H2,1-4H3. The fourth-order valence-corrected chi connectivity index (χ4v) is 2.41. The summed E-state index contributed by atoms with van der Waals surface area (Å²) in [4.78, 5) is 23.7. The second kappa shape index (κ2) is 10.7. The molecule has 0 unspecified atom stereocenters. The summed E-state index contributed by atoms with van der Waals surface area (Å²) in [6.07, 6.45) is 1.85. The third kappa shape index (κ3) is 6.60. The van der Waals surface area contributed by atoms with Crippen LogP contribution >= 0.6 is 0 Å². The van der Waals surface area contributed by atoms with Crippen molar-refractivity contribution in [2.45, 2.75) is 47.0 Å². The molecule has 1 aromatic carbocycles. The van der Waals surface area contributed by atoms with Crippen molar-refractivity contribution >= 4 is 11.9 Å². The molecule has 0 aliphatic heterocycles. The van der Waals surface area contributed by atoms with Gasteiger partial charge in [0.1, 0.15) is 5.75 Å². The lowest BCUT2D eigenvalue weighted by molar-refractivity contribution is -0.162. The quantitative estimate of drug-likeness (QED) is 0.371. The molecule has 5 nitrogen and oxygen atoms in total. The van der Waals surface area contributed by atoms with Gasteiger partial charge in [0.15, 0.2) is 5.92 Å². The molecule has 0 fully saturated rings. The Balaban J connectivity index is 2.41. The molecule has 0 bridgehead atoms. The summed E-state index contributed by atoms with van der Waals surface area (Å²) in [5.41, 5.74) is 2.30. The predicted molar refractivity (Wildman–Crippen MR) is 92.0 cm³/mol. The molecule has 0 aliphatic rings. The van der Waals surface area contributed by atoms with E-state index >= 15 is 0 Å². The number of rotatable bonds is 10. The third-order valence-corrected chi connectivity index (χ3v) is 3.62. The minimum Gasteiger partial charge on any atom is -0.493 e. The number of hydrogen-bond acceptors (Lipinski definition) is 5. The maximum atomic E-state index is 11.9. The van der Waals surface area contributed by atoms with Gasteiger partial charge in [0, 0.05) is 0 Å². The van der Waals surface area contributed by atoms with Crippen molar-refractivity contribution in [1.29, 1.82) is 0 Å². The van der Waals surface area contributed by atoms with Gasteiger partial charge in [0.25, 0.3) is 0 Å². The van der Waals surface area contributed by atoms with Crippen LogP contribution in [0.4, 0.5) is 0 Å². The highest BCUT2D eigenvalue weighted by molar-refractivity contribution is 5.94. The van der Waals surface area contributed by atoms with Crippen LogP contribution in [0.3, 0.4) is 0 Å². The molecule has 0 saturated carbocycles. The Morgan fingerprint density at radius 1 is 1.00 bits per heavy atom. The molecule has 0 aliphatic carbocycles. The molecule has 134 valence electrons. The molecule has 0 N–H and O–H groups in total. The van der Waals surface area contributed by atoms with Gasteiger partial charge >= 0.3 is 11.9 Å². The van der Waals surface area contributed by atoms with Crippen molar-refractivity contribution in [3.63, 3.8) is 0 Å². The Morgan fingerprint density at radius 2 is 1.62 bits per heavy atom. The number of carbonyl (C=O) groups is 2. The van der Waals surface area contributed by atoms with Crippen LogP contribution in [0, 0.1) is 19.8 Å². The molecule has 0 amide bonds. The zero-order valence-corrected chi connectivity index (χ0v) is 15.1. The average molecular weight is 336 g/mol. The van der Waals surface area contributed by atoms with Gasteiger partial charge in [-0.25, -0.2) is 0 Å². The Hall–Kier alpha value is -2.04. The third-order valence-electron chi connectivity index (χ3n) is 3.62. The second-order valence-corrected chi connectivity index (χ2v) is 5.67. The highest BCUT2D eigenvalue weighted by atomic mass is 16.6. The first-order chi connectivity index (χ1) is 11.5. The van der Waals surface area contributed by atoms with Crippen LogP contribution in [-0.4, -0.2) is 31.8 Å². The van der Waals surface area contributed by atoms with Gasteiger partial charge in [-0.05, 0) is 58.6 Å². The smallest absolute Gasteiger partial charge is 0.320 e. The minimum atomic E-state index is -0.842. The van der Waals surface area contributed by atoms with Crippen LogP contribution in [-0.2, 0) is 19.1 Å². The molecule has 0 heterocycles. The predicted octanol–water partition coefficient (Wildman–Crippen LogP) is 3.59. The van der Waals surface area contributed by atoms with Crippen LogP contribution in [0.1, 0.15) is 44.2 Å². The van der Waals surface area contributed by atoms with E-state index in [1.165, 1.54) is 5.56 Å². The Morgan fingerprint density at radius 3 is 2.17 bits per heavy atom. The second-order valence-electron chi connectivity index (χ2n) is 5.67. The monoisotopic (exact) mass is 336 g/mol. The highest BCUT2D eigenvalue weighted by Gasteiger charge is 2.28. The maximum Gasteiger partial charge on any atom is 0.320 e. The van der Waals surface area contributed by atoms with E-state index in [2.05, 4.69) is 6.07 Å². The SMILES string of the molecule is CCOC(=O)C(CCCCOc1ccc(C)cc1C)C(=O)OCC. The van der Waals surface area contributed by atoms with Gasteiger partial charge in [-0.3, -0.25) is 9.59 Å². The van der Waals surface area contributed by atoms with Crippen LogP contribution in [0.2, 0.25) is 0 Å². The number of hydrogen-bond donors (Lipinski definition) is 0. The van der Waals surface area contributed by atoms with E-state index in [0.29, 0.717) is 19.4 Å². The van der Waals surface area contributed by atoms with Crippen molar-refractivity contribution in [1.82, 2.24) is 0 Å². The summed E-state index contributed by atoms with van der Waals surface area (Å²) in [5, 5.41) is 0. The summed E-state index contributed by atoms with van der Waals surface area (Å²) in [6.45, 7) is 8.55. The topological polar surface area (TPSA) is 61.8 Å². The first-order valence-electron chi connectivity index (χ1n) is 8.52. The van der Waals surface area contributed by atoms with E-state index in [1.807, 2.05) is 26.0 Å². The number of carbonyl (C=O) groups excluding carboxylic acids is 2. The maximum absolute atomic E-state index is 11.9. The normalized spacial score (nSPS) is 10.5. The van der Waals surface area contributed by atoms with E-state index in [4.69, 9.17) is 14.2 Å². The summed E-state index contributed by atoms with van der Waals surface area (Å²) < 4.78 is 15.7. The molecule has 0 atom stereocenters. The first-order valence-corrected chi connectivity index (χ1v) is 8.52. The lowest BCUT2D eigenvalue weighted by Gasteiger charge is -2.14. The van der Waals surface area contributed by atoms with E-state index in [-0.39, 0.29) is 13.2 Å². The molecule has 0 radical (unpaired) electrons. The molecule has 1 rings (SSSR count). The van der Waals surface area contributed by atoms with Crippen LogP contribution in [0.15, 0.2) is 18.2 Å². The lowest BCUT2D eigenvalue weighted by Crippen LogP contribution is -2.28. The average Bonchev–Trinajstić information content (AvgIpc) is 2.52. The van der Waals surface area contributed by atoms with Crippen molar-refractivity contribution in [3.8, 4) is 5.75 Å². The van der Waals surface area contributed by atoms with Gasteiger partial charge in [-0.1, -0.05) is 17.7 Å². The van der Waals surface area contributed by atoms with Crippen LogP contribution in [0.25, 0.3) is 0 Å². The van der Waals surface area contributed by atoms with Gasteiger partial charge in [0.2, 0.25) is 0 Å². The Bertz CT molecular complexity index is 521. The van der Waals surface area contributed by atoms with Crippen molar-refractivity contribution in [2.24, 2.45) is 5.92 Å². The van der Waals surface area contributed by atoms with E-state index < -0.39 is 17.9 Å². The molecule has 24 heavy (non-hydrogen) atoms. The molecule has 0 spiro atoms. The van der Waals surface area contributed by atoms with Gasteiger partial charge in [-0.2, -0.15) is 0 Å². The summed E-state index contributed by atoms with van der Waals surface area (Å²) in [7, 11) is 0. The van der Waals surface area contributed by atoms with Crippen molar-refractivity contribution in [3.05, 3.63) is 29.3 Å². The first kappa shape index (κ1) is 20.0. The Kier molecular flexibility index (Phi) is 8.90. The molecule has 0 saturated heterocycles. The molecular formula is C19H28O5. The number of esters is 2. The summed E-state index contributed by atoms with van der Waals surface area (Å²) in [5.74, 6) is -0.989. The van der Waals surface area contributed by atoms with Crippen molar-refractivity contribution < 1.29 is 23.8 Å². The van der Waals surface area contributed by atoms with Crippen molar-refractivity contribution in [2.75, 3.05) is 19.8 Å². The number of unbranched alkanes of at least 4 members (excludes halogenated alkanes) is 1. The lowest BCUT2D eigenvalue weighted by atomic mass is 10.0. The van der Waals surface area contributed by atoms with E-state index in [9.17, 15) is 9.59 Å². The molecule has 1 aromatic rings. The largest absolute Gasteiger partial charge is 0.493 e. The molecule has 0 aromatic heterocycles. The highest BCUT2D eigenvalue weighted by Crippen LogP contribution is 2.19.